The predicted molar refractivity (Wildman–Crippen MR) is 113 cm³/mol. The van der Waals surface area contributed by atoms with Crippen molar-refractivity contribution in [3.8, 4) is 11.8 Å². The van der Waals surface area contributed by atoms with Gasteiger partial charge in [-0.3, -0.25) is 0 Å². The summed E-state index contributed by atoms with van der Waals surface area (Å²) < 4.78 is 60.8. The van der Waals surface area contributed by atoms with E-state index in [4.69, 9.17) is 0 Å². The smallest absolute Gasteiger partial charge is 0.422 e. The molecule has 0 saturated carbocycles. The van der Waals surface area contributed by atoms with Crippen molar-refractivity contribution < 1.29 is 35.9 Å². The third-order valence-electron chi connectivity index (χ3n) is 3.77. The molecule has 10 nitrogen and oxygen atoms in total. The van der Waals surface area contributed by atoms with Crippen LogP contribution in [0.2, 0.25) is 0 Å². The third-order valence-corrected chi connectivity index (χ3v) is 6.43. The summed E-state index contributed by atoms with van der Waals surface area (Å²) in [5, 5.41) is 0. The van der Waals surface area contributed by atoms with E-state index in [1.165, 1.54) is 24.3 Å². The summed E-state index contributed by atoms with van der Waals surface area (Å²) in [6.07, 6.45) is -2.47. The summed E-state index contributed by atoms with van der Waals surface area (Å²) in [6, 6.07) is 11.7. The second-order valence-electron chi connectivity index (χ2n) is 6.34. The van der Waals surface area contributed by atoms with Crippen molar-refractivity contribution in [2.24, 2.45) is 0 Å². The summed E-state index contributed by atoms with van der Waals surface area (Å²) >= 11 is 0. The van der Waals surface area contributed by atoms with Gasteiger partial charge in [0.15, 0.2) is 13.2 Å². The van der Waals surface area contributed by atoms with Crippen LogP contribution in [0.5, 0.6) is 0 Å². The fourth-order valence-corrected chi connectivity index (χ4v) is 3.92. The zero-order chi connectivity index (χ0) is 23.8. The lowest BCUT2D eigenvalue weighted by molar-refractivity contribution is 0.163. The molecule has 0 unspecified atom stereocenters. The van der Waals surface area contributed by atoms with Crippen LogP contribution in [-0.2, 0) is 29.5 Å². The molecule has 2 N–H and O–H groups in total. The number of aryl methyl sites for hydroxylation is 2. The van der Waals surface area contributed by atoms with Gasteiger partial charge in [-0.05, 0) is 38.1 Å². The molecule has 2 aromatic rings. The molecule has 0 atom stereocenters. The lowest BCUT2D eigenvalue weighted by atomic mass is 10.2. The van der Waals surface area contributed by atoms with E-state index < -0.39 is 45.4 Å². The highest BCUT2D eigenvalue weighted by atomic mass is 32.2. The molecule has 0 saturated heterocycles. The number of hydrogen-bond donors (Lipinski definition) is 2. The van der Waals surface area contributed by atoms with Crippen molar-refractivity contribution in [2.75, 3.05) is 13.2 Å². The van der Waals surface area contributed by atoms with Gasteiger partial charge >= 0.3 is 12.2 Å². The second kappa shape index (κ2) is 10.7. The van der Waals surface area contributed by atoms with E-state index in [2.05, 4.69) is 21.3 Å². The Morgan fingerprint density at radius 2 is 1.00 bits per heavy atom. The number of ether oxygens (including phenoxy) is 2. The molecule has 0 aromatic heterocycles. The summed E-state index contributed by atoms with van der Waals surface area (Å²) in [7, 11) is -8.17. The first kappa shape index (κ1) is 24.7. The van der Waals surface area contributed by atoms with E-state index in [1.54, 1.807) is 47.6 Å². The van der Waals surface area contributed by atoms with Gasteiger partial charge in [-0.15, -0.1) is 0 Å². The Bertz CT molecular complexity index is 1140. The summed E-state index contributed by atoms with van der Waals surface area (Å²) in [5.74, 6) is 4.65. The number of rotatable bonds is 6. The minimum Gasteiger partial charge on any atom is -0.436 e. The van der Waals surface area contributed by atoms with E-state index >= 15 is 0 Å². The molecule has 2 amide bonds. The standard InChI is InChI=1S/C20H20N2O8S2/c1-15-5-9-17(10-6-15)31(25,26)21-19(23)29-13-3-4-14-30-20(24)22-32(27,28)18-11-7-16(2)8-12-18/h5-12H,13-14H2,1-2H3,(H,21,23)(H,22,24). The van der Waals surface area contributed by atoms with Crippen molar-refractivity contribution in [3.63, 3.8) is 0 Å². The van der Waals surface area contributed by atoms with Crippen molar-refractivity contribution in [2.45, 2.75) is 23.6 Å². The fraction of sp³-hybridized carbons (Fsp3) is 0.200. The maximum Gasteiger partial charge on any atom is 0.422 e. The van der Waals surface area contributed by atoms with Gasteiger partial charge in [0, 0.05) is 0 Å². The first-order valence-corrected chi connectivity index (χ1v) is 11.9. The summed E-state index contributed by atoms with van der Waals surface area (Å²) in [4.78, 5) is 23.0. The quantitative estimate of drug-likeness (QED) is 0.596. The minimum atomic E-state index is -4.08. The molecular formula is C20H20N2O8S2. The van der Waals surface area contributed by atoms with Crippen LogP contribution in [-0.4, -0.2) is 42.2 Å². The van der Waals surface area contributed by atoms with Crippen LogP contribution in [0, 0.1) is 25.7 Å². The Balaban J connectivity index is 1.75. The first-order chi connectivity index (χ1) is 15.0. The van der Waals surface area contributed by atoms with Crippen LogP contribution in [0.4, 0.5) is 9.59 Å². The van der Waals surface area contributed by atoms with Gasteiger partial charge in [0.25, 0.3) is 20.0 Å². The molecule has 0 aliphatic carbocycles. The van der Waals surface area contributed by atoms with E-state index in [1.807, 2.05) is 0 Å². The SMILES string of the molecule is Cc1ccc(S(=O)(=O)NC(=O)OCC#CCOC(=O)NS(=O)(=O)c2ccc(C)cc2)cc1. The molecule has 2 rings (SSSR count). The Kier molecular flexibility index (Phi) is 8.22. The number of amides is 2. The van der Waals surface area contributed by atoms with Crippen LogP contribution in [0.1, 0.15) is 11.1 Å². The van der Waals surface area contributed by atoms with Crippen LogP contribution < -0.4 is 9.44 Å². The summed E-state index contributed by atoms with van der Waals surface area (Å²) in [5.41, 5.74) is 1.70. The van der Waals surface area contributed by atoms with Crippen LogP contribution in [0.25, 0.3) is 0 Å². The molecule has 0 heterocycles. The number of benzene rings is 2. The first-order valence-electron chi connectivity index (χ1n) is 8.98. The average molecular weight is 481 g/mol. The highest BCUT2D eigenvalue weighted by Crippen LogP contribution is 2.10. The lowest BCUT2D eigenvalue weighted by Gasteiger charge is -2.07. The highest BCUT2D eigenvalue weighted by Gasteiger charge is 2.19. The maximum atomic E-state index is 12.0. The van der Waals surface area contributed by atoms with Gasteiger partial charge < -0.3 is 9.47 Å². The Hall–Kier alpha value is -3.56. The molecular weight excluding hydrogens is 460 g/mol. The molecule has 0 aliphatic rings. The molecule has 0 bridgehead atoms. The molecule has 0 radical (unpaired) electrons. The molecule has 32 heavy (non-hydrogen) atoms. The van der Waals surface area contributed by atoms with Gasteiger partial charge in [-0.2, -0.15) is 0 Å². The maximum absolute atomic E-state index is 12.0. The minimum absolute atomic E-state index is 0.105. The van der Waals surface area contributed by atoms with Crippen molar-refractivity contribution in [1.82, 2.24) is 9.44 Å². The van der Waals surface area contributed by atoms with Crippen molar-refractivity contribution in [1.29, 1.82) is 0 Å². The third kappa shape index (κ3) is 7.60. The molecule has 0 spiro atoms. The Labute approximate surface area is 186 Å². The normalized spacial score (nSPS) is 10.9. The van der Waals surface area contributed by atoms with Crippen LogP contribution in [0.15, 0.2) is 58.3 Å². The fourth-order valence-electron chi connectivity index (χ4n) is 2.14. The highest BCUT2D eigenvalue weighted by molar-refractivity contribution is 7.90. The van der Waals surface area contributed by atoms with E-state index in [-0.39, 0.29) is 9.79 Å². The zero-order valence-electron chi connectivity index (χ0n) is 17.1. The number of hydrogen-bond acceptors (Lipinski definition) is 8. The van der Waals surface area contributed by atoms with E-state index in [9.17, 15) is 26.4 Å². The summed E-state index contributed by atoms with van der Waals surface area (Å²) in [6.45, 7) is 2.60. The van der Waals surface area contributed by atoms with Crippen LogP contribution >= 0.6 is 0 Å². The monoisotopic (exact) mass is 480 g/mol. The molecule has 0 aliphatic heterocycles. The Morgan fingerprint density at radius 1 is 0.688 bits per heavy atom. The predicted octanol–water partition coefficient (Wildman–Crippen LogP) is 1.84. The number of carbonyl (C=O) groups excluding carboxylic acids is 2. The van der Waals surface area contributed by atoms with Crippen molar-refractivity contribution >= 4 is 32.2 Å². The van der Waals surface area contributed by atoms with Crippen molar-refractivity contribution in [3.05, 3.63) is 59.7 Å². The zero-order valence-corrected chi connectivity index (χ0v) is 18.7. The molecule has 12 heteroatoms. The van der Waals surface area contributed by atoms with Gasteiger partial charge in [0.1, 0.15) is 0 Å². The second-order valence-corrected chi connectivity index (χ2v) is 9.71. The van der Waals surface area contributed by atoms with E-state index in [0.717, 1.165) is 11.1 Å². The molecule has 2 aromatic carbocycles. The largest absolute Gasteiger partial charge is 0.436 e. The van der Waals surface area contributed by atoms with Gasteiger partial charge in [0.05, 0.1) is 9.79 Å². The molecule has 0 fully saturated rings. The van der Waals surface area contributed by atoms with Gasteiger partial charge in [-0.25, -0.2) is 35.9 Å². The molecule has 170 valence electrons. The van der Waals surface area contributed by atoms with Gasteiger partial charge in [-0.1, -0.05) is 47.2 Å². The van der Waals surface area contributed by atoms with Crippen LogP contribution in [0.3, 0.4) is 0 Å². The number of carbonyl (C=O) groups is 2. The lowest BCUT2D eigenvalue weighted by Crippen LogP contribution is -2.31. The van der Waals surface area contributed by atoms with Gasteiger partial charge in [0.2, 0.25) is 0 Å². The van der Waals surface area contributed by atoms with E-state index in [0.29, 0.717) is 0 Å². The average Bonchev–Trinajstić information content (AvgIpc) is 2.70. The Morgan fingerprint density at radius 3 is 1.31 bits per heavy atom. The topological polar surface area (TPSA) is 145 Å². The number of nitrogens with one attached hydrogen (secondary N) is 2. The number of sulfonamides is 2.